The summed E-state index contributed by atoms with van der Waals surface area (Å²) in [6.07, 6.45) is 4.36. The predicted molar refractivity (Wildman–Crippen MR) is 73.8 cm³/mol. The van der Waals surface area contributed by atoms with Gasteiger partial charge in [0.15, 0.2) is 0 Å². The maximum absolute atomic E-state index is 13.2. The lowest BCUT2D eigenvalue weighted by Crippen LogP contribution is -2.17. The lowest BCUT2D eigenvalue weighted by atomic mass is 10.1. The van der Waals surface area contributed by atoms with Crippen LogP contribution in [0.2, 0.25) is 0 Å². The molecule has 2 aromatic rings. The molecule has 0 radical (unpaired) electrons. The minimum absolute atomic E-state index is 0.223. The van der Waals surface area contributed by atoms with Gasteiger partial charge in [-0.2, -0.15) is 0 Å². The zero-order valence-corrected chi connectivity index (χ0v) is 11.5. The Kier molecular flexibility index (Phi) is 3.78. The highest BCUT2D eigenvalue weighted by Gasteiger charge is 2.19. The molecule has 0 amide bonds. The molecule has 1 heterocycles. The second-order valence-corrected chi connectivity index (χ2v) is 5.30. The molecule has 0 unspecified atom stereocenters. The molecule has 1 aromatic heterocycles. The van der Waals surface area contributed by atoms with Crippen molar-refractivity contribution in [3.8, 4) is 11.5 Å². The van der Waals surface area contributed by atoms with Crippen LogP contribution in [-0.2, 0) is 6.42 Å². The molecule has 0 aliphatic heterocycles. The Morgan fingerprint density at radius 3 is 2.95 bits per heavy atom. The third-order valence-corrected chi connectivity index (χ3v) is 3.45. The Bertz CT molecular complexity index is 593. The van der Waals surface area contributed by atoms with Crippen LogP contribution in [0.4, 0.5) is 4.39 Å². The molecule has 1 fully saturated rings. The van der Waals surface area contributed by atoms with Crippen LogP contribution in [-0.4, -0.2) is 22.8 Å². The molecule has 0 spiro atoms. The summed E-state index contributed by atoms with van der Waals surface area (Å²) in [5.74, 6) is 0.873. The molecule has 3 rings (SSSR count). The highest BCUT2D eigenvalue weighted by molar-refractivity contribution is 5.53. The van der Waals surface area contributed by atoms with Gasteiger partial charge in [-0.05, 0) is 56.5 Å². The van der Waals surface area contributed by atoms with Crippen LogP contribution in [0, 0.1) is 12.7 Å². The van der Waals surface area contributed by atoms with Crippen molar-refractivity contribution in [1.29, 1.82) is 0 Å². The second kappa shape index (κ2) is 5.71. The summed E-state index contributed by atoms with van der Waals surface area (Å²) >= 11 is 0. The van der Waals surface area contributed by atoms with Gasteiger partial charge in [0.25, 0.3) is 0 Å². The van der Waals surface area contributed by atoms with Crippen molar-refractivity contribution in [3.63, 3.8) is 0 Å². The first-order valence-electron chi connectivity index (χ1n) is 7.04. The molecule has 1 N–H and O–H groups in total. The first-order valence-corrected chi connectivity index (χ1v) is 7.04. The third kappa shape index (κ3) is 3.22. The predicted octanol–water partition coefficient (Wildman–Crippen LogP) is 2.87. The van der Waals surface area contributed by atoms with Gasteiger partial charge >= 0.3 is 0 Å². The fraction of sp³-hybridized carbons (Fsp3) is 0.467. The normalized spacial score (nSPS) is 14.7. The second-order valence-electron chi connectivity index (χ2n) is 5.30. The zero-order chi connectivity index (χ0) is 13.9. The van der Waals surface area contributed by atoms with Crippen LogP contribution in [0.1, 0.15) is 30.7 Å². The SMILES string of the molecule is Cc1cc(-c2nnc(CCCNC3CC3)o2)ccc1F. The Morgan fingerprint density at radius 1 is 1.35 bits per heavy atom. The number of aryl methyl sites for hydroxylation is 2. The number of nitrogens with zero attached hydrogens (tertiary/aromatic N) is 2. The van der Waals surface area contributed by atoms with E-state index in [1.54, 1.807) is 19.1 Å². The monoisotopic (exact) mass is 275 g/mol. The van der Waals surface area contributed by atoms with Crippen LogP contribution >= 0.6 is 0 Å². The van der Waals surface area contributed by atoms with Crippen LogP contribution in [0.15, 0.2) is 22.6 Å². The summed E-state index contributed by atoms with van der Waals surface area (Å²) < 4.78 is 18.8. The quantitative estimate of drug-likeness (QED) is 0.824. The van der Waals surface area contributed by atoms with Crippen molar-refractivity contribution in [3.05, 3.63) is 35.5 Å². The van der Waals surface area contributed by atoms with Gasteiger partial charge < -0.3 is 9.73 Å². The fourth-order valence-corrected chi connectivity index (χ4v) is 2.08. The van der Waals surface area contributed by atoms with E-state index in [-0.39, 0.29) is 5.82 Å². The lowest BCUT2D eigenvalue weighted by Gasteiger charge is -2.00. The van der Waals surface area contributed by atoms with Gasteiger partial charge in [0.2, 0.25) is 11.8 Å². The molecule has 1 aliphatic carbocycles. The molecular weight excluding hydrogens is 257 g/mol. The first-order chi connectivity index (χ1) is 9.72. The number of aromatic nitrogens is 2. The Hall–Kier alpha value is -1.75. The lowest BCUT2D eigenvalue weighted by molar-refractivity contribution is 0.490. The highest BCUT2D eigenvalue weighted by atomic mass is 19.1. The van der Waals surface area contributed by atoms with Crippen molar-refractivity contribution in [2.75, 3.05) is 6.54 Å². The topological polar surface area (TPSA) is 51.0 Å². The number of benzene rings is 1. The average molecular weight is 275 g/mol. The Morgan fingerprint density at radius 2 is 2.20 bits per heavy atom. The van der Waals surface area contributed by atoms with E-state index in [0.717, 1.165) is 31.0 Å². The van der Waals surface area contributed by atoms with Crippen molar-refractivity contribution >= 4 is 0 Å². The standard InChI is InChI=1S/C15H18FN3O/c1-10-9-11(4-7-13(10)16)15-19-18-14(20-15)3-2-8-17-12-5-6-12/h4,7,9,12,17H,2-3,5-6,8H2,1H3. The minimum Gasteiger partial charge on any atom is -0.421 e. The molecule has 0 saturated heterocycles. The number of rotatable bonds is 6. The highest BCUT2D eigenvalue weighted by Crippen LogP contribution is 2.21. The number of hydrogen-bond donors (Lipinski definition) is 1. The molecule has 4 nitrogen and oxygen atoms in total. The van der Waals surface area contributed by atoms with Crippen LogP contribution < -0.4 is 5.32 Å². The first kappa shape index (κ1) is 13.2. The summed E-state index contributed by atoms with van der Waals surface area (Å²) in [5.41, 5.74) is 1.34. The van der Waals surface area contributed by atoms with Crippen molar-refractivity contribution < 1.29 is 8.81 Å². The maximum atomic E-state index is 13.2. The summed E-state index contributed by atoms with van der Waals surface area (Å²) in [4.78, 5) is 0. The van der Waals surface area contributed by atoms with E-state index in [2.05, 4.69) is 15.5 Å². The largest absolute Gasteiger partial charge is 0.421 e. The van der Waals surface area contributed by atoms with E-state index in [0.29, 0.717) is 17.3 Å². The van der Waals surface area contributed by atoms with E-state index in [1.807, 2.05) is 0 Å². The van der Waals surface area contributed by atoms with E-state index >= 15 is 0 Å². The number of nitrogens with one attached hydrogen (secondary N) is 1. The van der Waals surface area contributed by atoms with Crippen molar-refractivity contribution in [1.82, 2.24) is 15.5 Å². The molecule has 1 aromatic carbocycles. The molecule has 106 valence electrons. The van der Waals surface area contributed by atoms with Gasteiger partial charge in [-0.3, -0.25) is 0 Å². The van der Waals surface area contributed by atoms with Gasteiger partial charge in [0, 0.05) is 18.0 Å². The van der Waals surface area contributed by atoms with Gasteiger partial charge in [-0.25, -0.2) is 4.39 Å². The maximum Gasteiger partial charge on any atom is 0.247 e. The minimum atomic E-state index is -0.223. The summed E-state index contributed by atoms with van der Waals surface area (Å²) in [5, 5.41) is 11.5. The van der Waals surface area contributed by atoms with Crippen LogP contribution in [0.5, 0.6) is 0 Å². The molecule has 1 saturated carbocycles. The van der Waals surface area contributed by atoms with E-state index in [9.17, 15) is 4.39 Å². The number of halogens is 1. The Labute approximate surface area is 117 Å². The molecule has 0 bridgehead atoms. The van der Waals surface area contributed by atoms with Gasteiger partial charge in [-0.1, -0.05) is 0 Å². The van der Waals surface area contributed by atoms with E-state index < -0.39 is 0 Å². The van der Waals surface area contributed by atoms with Crippen molar-refractivity contribution in [2.45, 2.75) is 38.6 Å². The Balaban J connectivity index is 1.58. The summed E-state index contributed by atoms with van der Waals surface area (Å²) in [6.45, 7) is 2.71. The average Bonchev–Trinajstić information content (AvgIpc) is 3.15. The van der Waals surface area contributed by atoms with E-state index in [1.165, 1.54) is 18.9 Å². The zero-order valence-electron chi connectivity index (χ0n) is 11.5. The van der Waals surface area contributed by atoms with Gasteiger partial charge in [0.1, 0.15) is 5.82 Å². The van der Waals surface area contributed by atoms with Crippen molar-refractivity contribution in [2.24, 2.45) is 0 Å². The molecule has 5 heteroatoms. The van der Waals surface area contributed by atoms with Crippen LogP contribution in [0.3, 0.4) is 0 Å². The smallest absolute Gasteiger partial charge is 0.247 e. The molecular formula is C15H18FN3O. The number of hydrogen-bond acceptors (Lipinski definition) is 4. The summed E-state index contributed by atoms with van der Waals surface area (Å²) in [6, 6.07) is 5.54. The van der Waals surface area contributed by atoms with Gasteiger partial charge in [0.05, 0.1) is 0 Å². The van der Waals surface area contributed by atoms with Gasteiger partial charge in [-0.15, -0.1) is 10.2 Å². The molecule has 1 aliphatic rings. The fourth-order valence-electron chi connectivity index (χ4n) is 2.08. The molecule has 0 atom stereocenters. The third-order valence-electron chi connectivity index (χ3n) is 3.45. The van der Waals surface area contributed by atoms with E-state index in [4.69, 9.17) is 4.42 Å². The molecule has 20 heavy (non-hydrogen) atoms. The summed E-state index contributed by atoms with van der Waals surface area (Å²) in [7, 11) is 0. The van der Waals surface area contributed by atoms with Crippen LogP contribution in [0.25, 0.3) is 11.5 Å².